The second-order valence-corrected chi connectivity index (χ2v) is 5.12. The summed E-state index contributed by atoms with van der Waals surface area (Å²) >= 11 is 0. The first-order valence-electron chi connectivity index (χ1n) is 6.46. The SMILES string of the molecule is COCC1(CNC(=O)[C@H]2CCC(=O)N2)CCCN1.Cl. The number of carbonyl (C=O) groups excluding carboxylic acids is 2. The van der Waals surface area contributed by atoms with Crippen molar-refractivity contribution < 1.29 is 14.3 Å². The zero-order chi connectivity index (χ0) is 13.0. The number of hydrogen-bond donors (Lipinski definition) is 3. The zero-order valence-corrected chi connectivity index (χ0v) is 12.0. The Morgan fingerprint density at radius 1 is 1.58 bits per heavy atom. The van der Waals surface area contributed by atoms with E-state index in [0.717, 1.165) is 19.4 Å². The molecule has 0 aliphatic carbocycles. The van der Waals surface area contributed by atoms with Crippen molar-refractivity contribution in [2.45, 2.75) is 37.3 Å². The molecule has 3 N–H and O–H groups in total. The Morgan fingerprint density at radius 2 is 2.37 bits per heavy atom. The molecule has 2 heterocycles. The summed E-state index contributed by atoms with van der Waals surface area (Å²) in [5.74, 6) is -0.134. The van der Waals surface area contributed by atoms with Gasteiger partial charge in [-0.25, -0.2) is 0 Å². The lowest BCUT2D eigenvalue weighted by Gasteiger charge is -2.29. The summed E-state index contributed by atoms with van der Waals surface area (Å²) in [5.41, 5.74) is -0.146. The van der Waals surface area contributed by atoms with Crippen molar-refractivity contribution in [3.05, 3.63) is 0 Å². The van der Waals surface area contributed by atoms with Gasteiger partial charge in [-0.15, -0.1) is 12.4 Å². The maximum absolute atomic E-state index is 11.9. The summed E-state index contributed by atoms with van der Waals surface area (Å²) < 4.78 is 5.22. The highest BCUT2D eigenvalue weighted by molar-refractivity contribution is 5.90. The number of ether oxygens (including phenoxy) is 1. The number of amides is 2. The highest BCUT2D eigenvalue weighted by Crippen LogP contribution is 2.19. The highest BCUT2D eigenvalue weighted by Gasteiger charge is 2.35. The molecule has 0 radical (unpaired) electrons. The smallest absolute Gasteiger partial charge is 0.242 e. The summed E-state index contributed by atoms with van der Waals surface area (Å²) in [7, 11) is 1.67. The molecular formula is C12H22ClN3O3. The van der Waals surface area contributed by atoms with Crippen LogP contribution in [0.1, 0.15) is 25.7 Å². The molecule has 2 aliphatic heterocycles. The Kier molecular flexibility index (Phi) is 6.03. The molecule has 2 saturated heterocycles. The minimum Gasteiger partial charge on any atom is -0.383 e. The van der Waals surface area contributed by atoms with Crippen LogP contribution in [0.3, 0.4) is 0 Å². The Balaban J connectivity index is 0.00000180. The summed E-state index contributed by atoms with van der Waals surface area (Å²) in [6, 6.07) is -0.363. The largest absolute Gasteiger partial charge is 0.383 e. The third-order valence-electron chi connectivity index (χ3n) is 3.67. The van der Waals surface area contributed by atoms with Gasteiger partial charge < -0.3 is 20.7 Å². The van der Waals surface area contributed by atoms with Gasteiger partial charge >= 0.3 is 0 Å². The molecule has 2 rings (SSSR count). The van der Waals surface area contributed by atoms with Crippen LogP contribution >= 0.6 is 12.4 Å². The van der Waals surface area contributed by atoms with Crippen molar-refractivity contribution in [3.63, 3.8) is 0 Å². The van der Waals surface area contributed by atoms with Crippen molar-refractivity contribution in [1.82, 2.24) is 16.0 Å². The van der Waals surface area contributed by atoms with Crippen LogP contribution in [-0.4, -0.2) is 50.2 Å². The van der Waals surface area contributed by atoms with E-state index in [9.17, 15) is 9.59 Å². The highest BCUT2D eigenvalue weighted by atomic mass is 35.5. The summed E-state index contributed by atoms with van der Waals surface area (Å²) in [4.78, 5) is 23.0. The van der Waals surface area contributed by atoms with Gasteiger partial charge in [-0.3, -0.25) is 9.59 Å². The van der Waals surface area contributed by atoms with Gasteiger partial charge in [0.2, 0.25) is 11.8 Å². The second-order valence-electron chi connectivity index (χ2n) is 5.12. The molecule has 0 aromatic heterocycles. The predicted molar refractivity (Wildman–Crippen MR) is 73.3 cm³/mol. The third-order valence-corrected chi connectivity index (χ3v) is 3.67. The van der Waals surface area contributed by atoms with Crippen molar-refractivity contribution in [2.75, 3.05) is 26.8 Å². The van der Waals surface area contributed by atoms with Crippen LogP contribution in [0.25, 0.3) is 0 Å². The topological polar surface area (TPSA) is 79.5 Å². The van der Waals surface area contributed by atoms with E-state index in [1.54, 1.807) is 7.11 Å². The number of rotatable bonds is 5. The van der Waals surface area contributed by atoms with Crippen LogP contribution in [0.2, 0.25) is 0 Å². The second kappa shape index (κ2) is 7.07. The number of carbonyl (C=O) groups is 2. The van der Waals surface area contributed by atoms with Gasteiger partial charge in [0.05, 0.1) is 12.1 Å². The van der Waals surface area contributed by atoms with E-state index < -0.39 is 0 Å². The summed E-state index contributed by atoms with van der Waals surface area (Å²) in [5, 5.41) is 8.99. The van der Waals surface area contributed by atoms with Gasteiger partial charge in [0, 0.05) is 20.1 Å². The maximum Gasteiger partial charge on any atom is 0.242 e. The van der Waals surface area contributed by atoms with Gasteiger partial charge in [0.25, 0.3) is 0 Å². The molecule has 2 aliphatic rings. The molecule has 2 amide bonds. The van der Waals surface area contributed by atoms with Crippen LogP contribution < -0.4 is 16.0 Å². The number of nitrogens with one attached hydrogen (secondary N) is 3. The molecule has 0 aromatic rings. The minimum atomic E-state index is -0.363. The molecule has 19 heavy (non-hydrogen) atoms. The first-order valence-corrected chi connectivity index (χ1v) is 6.46. The average molecular weight is 292 g/mol. The van der Waals surface area contributed by atoms with Crippen molar-refractivity contribution >= 4 is 24.2 Å². The fourth-order valence-corrected chi connectivity index (χ4v) is 2.66. The first kappa shape index (κ1) is 16.2. The monoisotopic (exact) mass is 291 g/mol. The lowest BCUT2D eigenvalue weighted by atomic mass is 9.98. The minimum absolute atomic E-state index is 0. The Hall–Kier alpha value is -0.850. The van der Waals surface area contributed by atoms with Crippen LogP contribution in [0.5, 0.6) is 0 Å². The molecule has 0 aromatic carbocycles. The maximum atomic E-state index is 11.9. The molecule has 2 atom stereocenters. The third kappa shape index (κ3) is 4.06. The fraction of sp³-hybridized carbons (Fsp3) is 0.833. The Morgan fingerprint density at radius 3 is 2.89 bits per heavy atom. The van der Waals surface area contributed by atoms with Gasteiger partial charge in [-0.2, -0.15) is 0 Å². The standard InChI is InChI=1S/C12H21N3O3.ClH/c1-18-8-12(5-2-6-14-12)7-13-11(17)9-3-4-10(16)15-9;/h9,14H,2-8H2,1H3,(H,13,17)(H,15,16);1H/t9-,12?;/m1./s1. The van der Waals surface area contributed by atoms with E-state index in [2.05, 4.69) is 16.0 Å². The van der Waals surface area contributed by atoms with Crippen LogP contribution in [-0.2, 0) is 14.3 Å². The van der Waals surface area contributed by atoms with E-state index in [1.165, 1.54) is 0 Å². The van der Waals surface area contributed by atoms with Gasteiger partial charge in [-0.05, 0) is 25.8 Å². The lowest BCUT2D eigenvalue weighted by Crippen LogP contribution is -2.55. The molecule has 0 bridgehead atoms. The number of methoxy groups -OCH3 is 1. The van der Waals surface area contributed by atoms with E-state index in [0.29, 0.717) is 26.0 Å². The first-order chi connectivity index (χ1) is 8.65. The molecule has 2 fully saturated rings. The molecule has 1 unspecified atom stereocenters. The molecule has 6 nitrogen and oxygen atoms in total. The van der Waals surface area contributed by atoms with E-state index in [-0.39, 0.29) is 35.8 Å². The predicted octanol–water partition coefficient (Wildman–Crippen LogP) is -0.428. The Bertz CT molecular complexity index is 332. The van der Waals surface area contributed by atoms with Crippen LogP contribution in [0.4, 0.5) is 0 Å². The zero-order valence-electron chi connectivity index (χ0n) is 11.2. The van der Waals surface area contributed by atoms with Crippen molar-refractivity contribution in [2.24, 2.45) is 0 Å². The number of halogens is 1. The molecule has 0 saturated carbocycles. The van der Waals surface area contributed by atoms with E-state index in [1.807, 2.05) is 0 Å². The molecule has 7 heteroatoms. The fourth-order valence-electron chi connectivity index (χ4n) is 2.66. The van der Waals surface area contributed by atoms with Crippen LogP contribution in [0.15, 0.2) is 0 Å². The quantitative estimate of drug-likeness (QED) is 0.642. The van der Waals surface area contributed by atoms with E-state index >= 15 is 0 Å². The van der Waals surface area contributed by atoms with Gasteiger partial charge in [0.1, 0.15) is 6.04 Å². The molecule has 110 valence electrons. The molecule has 0 spiro atoms. The molecular weight excluding hydrogens is 270 g/mol. The Labute approximate surface area is 119 Å². The lowest BCUT2D eigenvalue weighted by molar-refractivity contribution is -0.126. The van der Waals surface area contributed by atoms with Gasteiger partial charge in [-0.1, -0.05) is 0 Å². The normalized spacial score (nSPS) is 29.7. The van der Waals surface area contributed by atoms with Crippen molar-refractivity contribution in [3.8, 4) is 0 Å². The number of hydrogen-bond acceptors (Lipinski definition) is 4. The summed E-state index contributed by atoms with van der Waals surface area (Å²) in [6.07, 6.45) is 3.13. The van der Waals surface area contributed by atoms with E-state index in [4.69, 9.17) is 4.74 Å². The summed E-state index contributed by atoms with van der Waals surface area (Å²) in [6.45, 7) is 2.09. The van der Waals surface area contributed by atoms with Crippen molar-refractivity contribution in [1.29, 1.82) is 0 Å². The average Bonchev–Trinajstić information content (AvgIpc) is 2.97. The van der Waals surface area contributed by atoms with Crippen LogP contribution in [0, 0.1) is 0 Å². The van der Waals surface area contributed by atoms with Gasteiger partial charge in [0.15, 0.2) is 0 Å².